The highest BCUT2D eigenvalue weighted by Crippen LogP contribution is 2.29. The molecule has 0 atom stereocenters. The van der Waals surface area contributed by atoms with Crippen molar-refractivity contribution in [3.63, 3.8) is 0 Å². The highest BCUT2D eigenvalue weighted by atomic mass is 16.1. The monoisotopic (exact) mass is 307 g/mol. The van der Waals surface area contributed by atoms with Crippen LogP contribution in [0.5, 0.6) is 0 Å². The molecule has 118 valence electrons. The molecule has 2 aromatic carbocycles. The van der Waals surface area contributed by atoms with Gasteiger partial charge >= 0.3 is 5.69 Å². The number of anilines is 1. The van der Waals surface area contributed by atoms with E-state index in [0.29, 0.717) is 6.54 Å². The lowest BCUT2D eigenvalue weighted by molar-refractivity contribution is 0.728. The van der Waals surface area contributed by atoms with Gasteiger partial charge in [-0.2, -0.15) is 0 Å². The number of allylic oxidation sites excluding steroid dienone is 1. The van der Waals surface area contributed by atoms with Crippen molar-refractivity contribution in [3.05, 3.63) is 64.6 Å². The van der Waals surface area contributed by atoms with E-state index in [-0.39, 0.29) is 5.69 Å². The second-order valence-corrected chi connectivity index (χ2v) is 6.18. The lowest BCUT2D eigenvalue weighted by Gasteiger charge is -2.08. The predicted octanol–water partition coefficient (Wildman–Crippen LogP) is 3.47. The zero-order valence-corrected chi connectivity index (χ0v) is 13.8. The fourth-order valence-electron chi connectivity index (χ4n) is 2.92. The lowest BCUT2D eigenvalue weighted by Crippen LogP contribution is -2.22. The van der Waals surface area contributed by atoms with Crippen LogP contribution in [-0.2, 0) is 13.6 Å². The Morgan fingerprint density at radius 3 is 2.61 bits per heavy atom. The van der Waals surface area contributed by atoms with Crippen LogP contribution in [0.1, 0.15) is 12.5 Å². The van der Waals surface area contributed by atoms with Gasteiger partial charge in [-0.3, -0.25) is 9.13 Å². The fourth-order valence-corrected chi connectivity index (χ4v) is 2.92. The van der Waals surface area contributed by atoms with E-state index in [2.05, 4.69) is 12.6 Å². The van der Waals surface area contributed by atoms with Crippen LogP contribution < -0.4 is 11.4 Å². The Hall–Kier alpha value is -2.75. The first-order valence-electron chi connectivity index (χ1n) is 7.58. The van der Waals surface area contributed by atoms with E-state index in [0.717, 1.165) is 39.0 Å². The van der Waals surface area contributed by atoms with Gasteiger partial charge in [-0.25, -0.2) is 4.79 Å². The first-order chi connectivity index (χ1) is 10.9. The molecule has 1 heterocycles. The molecule has 0 bridgehead atoms. The highest BCUT2D eigenvalue weighted by Gasteiger charge is 2.12. The summed E-state index contributed by atoms with van der Waals surface area (Å²) in [5, 5.41) is 0. The summed E-state index contributed by atoms with van der Waals surface area (Å²) < 4.78 is 3.43. The molecule has 0 aliphatic rings. The lowest BCUT2D eigenvalue weighted by atomic mass is 10.0. The fraction of sp³-hybridized carbons (Fsp3) is 0.211. The van der Waals surface area contributed by atoms with Gasteiger partial charge in [-0.15, -0.1) is 0 Å². The molecule has 1 aromatic heterocycles. The number of imidazole rings is 1. The Balaban J connectivity index is 2.24. The second-order valence-electron chi connectivity index (χ2n) is 6.18. The highest BCUT2D eigenvalue weighted by molar-refractivity contribution is 5.86. The number of benzene rings is 2. The van der Waals surface area contributed by atoms with E-state index < -0.39 is 0 Å². The Morgan fingerprint density at radius 2 is 1.91 bits per heavy atom. The van der Waals surface area contributed by atoms with Gasteiger partial charge < -0.3 is 5.73 Å². The van der Waals surface area contributed by atoms with Crippen molar-refractivity contribution in [2.24, 2.45) is 7.05 Å². The number of hydrogen-bond acceptors (Lipinski definition) is 2. The quantitative estimate of drug-likeness (QED) is 0.595. The number of rotatable bonds is 3. The largest absolute Gasteiger partial charge is 0.398 e. The van der Waals surface area contributed by atoms with Crippen molar-refractivity contribution >= 4 is 16.7 Å². The Morgan fingerprint density at radius 1 is 1.17 bits per heavy atom. The molecule has 3 aromatic rings. The van der Waals surface area contributed by atoms with Crippen LogP contribution in [0, 0.1) is 6.92 Å². The van der Waals surface area contributed by atoms with Gasteiger partial charge in [0.1, 0.15) is 0 Å². The number of aryl methyl sites for hydroxylation is 2. The number of hydrogen-bond donors (Lipinski definition) is 1. The maximum absolute atomic E-state index is 12.5. The van der Waals surface area contributed by atoms with E-state index in [1.54, 1.807) is 16.2 Å². The molecule has 3 rings (SSSR count). The third kappa shape index (κ3) is 2.57. The maximum atomic E-state index is 12.5. The minimum atomic E-state index is -0.0302. The SMILES string of the molecule is C=C(C)Cn1c(=O)n(C)c2cc(-c3cc(C)ccc3N)ccc21. The maximum Gasteiger partial charge on any atom is 0.329 e. The van der Waals surface area contributed by atoms with Crippen molar-refractivity contribution in [2.45, 2.75) is 20.4 Å². The van der Waals surface area contributed by atoms with Crippen LogP contribution >= 0.6 is 0 Å². The normalized spacial score (nSPS) is 11.1. The summed E-state index contributed by atoms with van der Waals surface area (Å²) in [6.45, 7) is 8.40. The topological polar surface area (TPSA) is 53.0 Å². The van der Waals surface area contributed by atoms with Crippen molar-refractivity contribution in [1.82, 2.24) is 9.13 Å². The number of aromatic nitrogens is 2. The van der Waals surface area contributed by atoms with E-state index in [4.69, 9.17) is 5.73 Å². The Bertz CT molecular complexity index is 976. The minimum Gasteiger partial charge on any atom is -0.398 e. The van der Waals surface area contributed by atoms with E-state index in [1.807, 2.05) is 44.2 Å². The van der Waals surface area contributed by atoms with Gasteiger partial charge in [0.2, 0.25) is 0 Å². The molecule has 2 N–H and O–H groups in total. The first-order valence-corrected chi connectivity index (χ1v) is 7.58. The molecule has 0 saturated heterocycles. The molecule has 0 unspecified atom stereocenters. The van der Waals surface area contributed by atoms with Gasteiger partial charge in [0, 0.05) is 24.8 Å². The first kappa shape index (κ1) is 15.2. The van der Waals surface area contributed by atoms with Crippen molar-refractivity contribution < 1.29 is 0 Å². The van der Waals surface area contributed by atoms with Crippen LogP contribution in [0.3, 0.4) is 0 Å². The van der Waals surface area contributed by atoms with Crippen molar-refractivity contribution in [3.8, 4) is 11.1 Å². The summed E-state index contributed by atoms with van der Waals surface area (Å²) >= 11 is 0. The standard InChI is InChI=1S/C19H21N3O/c1-12(2)11-22-17-8-6-14(10-18(17)21(4)19(22)23)15-9-13(3)5-7-16(15)20/h5-10H,1,11,20H2,2-4H3. The average molecular weight is 307 g/mol. The van der Waals surface area contributed by atoms with Crippen LogP contribution in [0.4, 0.5) is 5.69 Å². The third-order valence-corrected chi connectivity index (χ3v) is 4.09. The zero-order valence-electron chi connectivity index (χ0n) is 13.8. The minimum absolute atomic E-state index is 0.0302. The second kappa shape index (κ2) is 5.47. The van der Waals surface area contributed by atoms with Gasteiger partial charge in [0.05, 0.1) is 11.0 Å². The summed E-state index contributed by atoms with van der Waals surface area (Å²) in [7, 11) is 1.79. The summed E-state index contributed by atoms with van der Waals surface area (Å²) in [4.78, 5) is 12.5. The molecule has 4 heteroatoms. The molecule has 23 heavy (non-hydrogen) atoms. The molecule has 4 nitrogen and oxygen atoms in total. The molecule has 0 amide bonds. The Kier molecular flexibility index (Phi) is 3.60. The van der Waals surface area contributed by atoms with E-state index in [9.17, 15) is 4.79 Å². The van der Waals surface area contributed by atoms with Crippen molar-refractivity contribution in [1.29, 1.82) is 0 Å². The van der Waals surface area contributed by atoms with Gasteiger partial charge in [-0.1, -0.05) is 29.8 Å². The summed E-state index contributed by atoms with van der Waals surface area (Å²) in [6.07, 6.45) is 0. The van der Waals surface area contributed by atoms with Crippen LogP contribution in [0.25, 0.3) is 22.2 Å². The zero-order chi connectivity index (χ0) is 16.7. The molecule has 0 aliphatic heterocycles. The summed E-state index contributed by atoms with van der Waals surface area (Å²) in [5.41, 5.74) is 12.8. The van der Waals surface area contributed by atoms with Crippen LogP contribution in [0.15, 0.2) is 53.3 Å². The number of nitrogen functional groups attached to an aromatic ring is 1. The smallest absolute Gasteiger partial charge is 0.329 e. The van der Waals surface area contributed by atoms with Gasteiger partial charge in [0.15, 0.2) is 0 Å². The third-order valence-electron chi connectivity index (χ3n) is 4.09. The average Bonchev–Trinajstić information content (AvgIpc) is 2.74. The number of nitrogens with two attached hydrogens (primary N) is 1. The molecule has 0 radical (unpaired) electrons. The van der Waals surface area contributed by atoms with Gasteiger partial charge in [0.25, 0.3) is 0 Å². The molecule has 0 fully saturated rings. The predicted molar refractivity (Wildman–Crippen MR) is 96.6 cm³/mol. The molecule has 0 spiro atoms. The number of nitrogens with zero attached hydrogens (tertiary/aromatic N) is 2. The molecule has 0 saturated carbocycles. The van der Waals surface area contributed by atoms with Crippen LogP contribution in [0.2, 0.25) is 0 Å². The number of fused-ring (bicyclic) bond motifs is 1. The van der Waals surface area contributed by atoms with Gasteiger partial charge in [-0.05, 0) is 43.7 Å². The molecular formula is C19H21N3O. The van der Waals surface area contributed by atoms with E-state index >= 15 is 0 Å². The Labute approximate surface area is 135 Å². The van der Waals surface area contributed by atoms with Crippen molar-refractivity contribution in [2.75, 3.05) is 5.73 Å². The summed E-state index contributed by atoms with van der Waals surface area (Å²) in [5.74, 6) is 0. The molecule has 0 aliphatic carbocycles. The molecular weight excluding hydrogens is 286 g/mol. The summed E-state index contributed by atoms with van der Waals surface area (Å²) in [6, 6.07) is 12.0. The van der Waals surface area contributed by atoms with Crippen LogP contribution in [-0.4, -0.2) is 9.13 Å². The van der Waals surface area contributed by atoms with E-state index in [1.165, 1.54) is 0 Å².